The van der Waals surface area contributed by atoms with Gasteiger partial charge in [0.25, 0.3) is 0 Å². The average molecular weight is 507 g/mol. The lowest BCUT2D eigenvalue weighted by atomic mass is 9.70. The number of ether oxygens (including phenoxy) is 1. The fourth-order valence-electron chi connectivity index (χ4n) is 6.81. The second-order valence-corrected chi connectivity index (χ2v) is 10.4. The number of phenols is 6. The van der Waals surface area contributed by atoms with Gasteiger partial charge in [-0.25, -0.2) is 0 Å². The summed E-state index contributed by atoms with van der Waals surface area (Å²) < 4.78 is 5.70. The lowest BCUT2D eigenvalue weighted by molar-refractivity contribution is 0.157. The number of hydrogen-bond donors (Lipinski definition) is 7. The Morgan fingerprint density at radius 3 is 1.95 bits per heavy atom. The van der Waals surface area contributed by atoms with Gasteiger partial charge < -0.3 is 40.5 Å². The lowest BCUT2D eigenvalue weighted by Crippen LogP contribution is -2.23. The number of fused-ring (bicyclic) bond motifs is 3. The van der Waals surface area contributed by atoms with E-state index >= 15 is 0 Å². The van der Waals surface area contributed by atoms with Crippen LogP contribution in [0.15, 0.2) is 24.3 Å². The smallest absolute Gasteiger partial charge is 0.130 e. The maximum atomic E-state index is 11.1. The van der Waals surface area contributed by atoms with Gasteiger partial charge in [-0.3, -0.25) is 0 Å². The highest BCUT2D eigenvalue weighted by Crippen LogP contribution is 2.55. The molecule has 3 aromatic carbocycles. The highest BCUT2D eigenvalue weighted by atomic mass is 16.5. The molecule has 8 nitrogen and oxygen atoms in total. The van der Waals surface area contributed by atoms with Crippen molar-refractivity contribution >= 4 is 0 Å². The number of aliphatic hydroxyl groups is 1. The topological polar surface area (TPSA) is 151 Å². The summed E-state index contributed by atoms with van der Waals surface area (Å²) in [5.74, 6) is -0.934. The zero-order chi connectivity index (χ0) is 26.0. The SMILES string of the molecule is Oc1cc(O)c2c(c1)OCC[C@@H]2c1c(O)cc(O)c2c1CCCC2c1c(O)cc(O)c2c1CCC(O)C2. The van der Waals surface area contributed by atoms with Gasteiger partial charge in [-0.05, 0) is 49.7 Å². The molecular formula is C29H30O8. The van der Waals surface area contributed by atoms with Crippen LogP contribution in [-0.2, 0) is 19.3 Å². The molecule has 0 spiro atoms. The van der Waals surface area contributed by atoms with Crippen molar-refractivity contribution in [3.63, 3.8) is 0 Å². The molecule has 6 rings (SSSR count). The van der Waals surface area contributed by atoms with Crippen molar-refractivity contribution in [2.45, 2.75) is 62.9 Å². The standard InChI is InChI=1S/C29H30O8/c30-13-4-5-15-19(8-13)20(32)11-22(34)26(15)16-2-1-3-17-27(16)23(35)12-24(36)28(17)18-6-7-37-25-10-14(31)9-21(33)29(18)25/h9-13,16,18,30-36H,1-8H2/t13?,16?,18-/m1/s1. The van der Waals surface area contributed by atoms with Crippen molar-refractivity contribution in [3.8, 4) is 40.2 Å². The molecule has 7 N–H and O–H groups in total. The fraction of sp³-hybridized carbons (Fsp3) is 0.379. The van der Waals surface area contributed by atoms with E-state index in [0.29, 0.717) is 78.7 Å². The molecule has 2 aliphatic carbocycles. The van der Waals surface area contributed by atoms with E-state index in [9.17, 15) is 35.7 Å². The monoisotopic (exact) mass is 506 g/mol. The van der Waals surface area contributed by atoms with E-state index in [1.165, 1.54) is 24.3 Å². The van der Waals surface area contributed by atoms with Crippen LogP contribution in [0, 0.1) is 0 Å². The molecule has 3 aromatic rings. The van der Waals surface area contributed by atoms with Crippen LogP contribution < -0.4 is 4.74 Å². The molecule has 0 amide bonds. The molecule has 0 saturated carbocycles. The molecule has 1 aliphatic heterocycles. The van der Waals surface area contributed by atoms with Crippen LogP contribution in [0.4, 0.5) is 0 Å². The van der Waals surface area contributed by atoms with Crippen molar-refractivity contribution in [2.24, 2.45) is 0 Å². The number of aromatic hydroxyl groups is 6. The number of hydrogen-bond acceptors (Lipinski definition) is 8. The Balaban J connectivity index is 1.55. The zero-order valence-electron chi connectivity index (χ0n) is 20.2. The number of aliphatic hydroxyl groups excluding tert-OH is 1. The third-order valence-electron chi connectivity index (χ3n) is 8.27. The molecule has 1 heterocycles. The van der Waals surface area contributed by atoms with Crippen LogP contribution in [-0.4, -0.2) is 48.5 Å². The summed E-state index contributed by atoms with van der Waals surface area (Å²) in [6, 6.07) is 5.34. The first-order chi connectivity index (χ1) is 17.7. The summed E-state index contributed by atoms with van der Waals surface area (Å²) in [4.78, 5) is 0. The van der Waals surface area contributed by atoms with Crippen molar-refractivity contribution in [1.82, 2.24) is 0 Å². The molecule has 2 unspecified atom stereocenters. The van der Waals surface area contributed by atoms with Gasteiger partial charge in [0, 0.05) is 70.3 Å². The van der Waals surface area contributed by atoms with Gasteiger partial charge >= 0.3 is 0 Å². The predicted octanol–water partition coefficient (Wildman–Crippen LogP) is 4.15. The van der Waals surface area contributed by atoms with Crippen LogP contribution in [0.2, 0.25) is 0 Å². The summed E-state index contributed by atoms with van der Waals surface area (Å²) in [5, 5.41) is 74.6. The fourth-order valence-corrected chi connectivity index (χ4v) is 6.81. The molecule has 194 valence electrons. The Bertz CT molecular complexity index is 1410. The van der Waals surface area contributed by atoms with Crippen LogP contribution in [0.1, 0.15) is 76.5 Å². The average Bonchev–Trinajstić information content (AvgIpc) is 2.84. The van der Waals surface area contributed by atoms with Gasteiger partial charge in [-0.15, -0.1) is 0 Å². The molecule has 8 heteroatoms. The van der Waals surface area contributed by atoms with Crippen molar-refractivity contribution in [3.05, 3.63) is 63.2 Å². The Kier molecular flexibility index (Phi) is 5.53. The van der Waals surface area contributed by atoms with E-state index in [-0.39, 0.29) is 40.4 Å². The number of rotatable bonds is 2. The Morgan fingerprint density at radius 1 is 0.595 bits per heavy atom. The predicted molar refractivity (Wildman–Crippen MR) is 134 cm³/mol. The minimum Gasteiger partial charge on any atom is -0.508 e. The second-order valence-electron chi connectivity index (χ2n) is 10.4. The highest BCUT2D eigenvalue weighted by molar-refractivity contribution is 5.65. The largest absolute Gasteiger partial charge is 0.508 e. The minimum atomic E-state index is -0.563. The van der Waals surface area contributed by atoms with Gasteiger partial charge in [0.2, 0.25) is 0 Å². The number of benzene rings is 3. The molecule has 3 aliphatic rings. The maximum Gasteiger partial charge on any atom is 0.130 e. The van der Waals surface area contributed by atoms with Gasteiger partial charge in [0.1, 0.15) is 40.2 Å². The van der Waals surface area contributed by atoms with Crippen LogP contribution in [0.25, 0.3) is 0 Å². The van der Waals surface area contributed by atoms with Crippen LogP contribution in [0.5, 0.6) is 40.2 Å². The molecule has 0 aromatic heterocycles. The van der Waals surface area contributed by atoms with Gasteiger partial charge in [-0.1, -0.05) is 0 Å². The van der Waals surface area contributed by atoms with E-state index in [1.54, 1.807) is 0 Å². The quantitative estimate of drug-likeness (QED) is 0.274. The second kappa shape index (κ2) is 8.66. The third-order valence-corrected chi connectivity index (χ3v) is 8.27. The van der Waals surface area contributed by atoms with Gasteiger partial charge in [0.15, 0.2) is 0 Å². The van der Waals surface area contributed by atoms with E-state index < -0.39 is 12.0 Å². The lowest BCUT2D eigenvalue weighted by Gasteiger charge is -2.35. The molecule has 0 saturated heterocycles. The van der Waals surface area contributed by atoms with Crippen LogP contribution in [0.3, 0.4) is 0 Å². The molecule has 0 bridgehead atoms. The first-order valence-corrected chi connectivity index (χ1v) is 12.8. The Labute approximate surface area is 213 Å². The molecule has 3 atom stereocenters. The highest BCUT2D eigenvalue weighted by Gasteiger charge is 2.38. The van der Waals surface area contributed by atoms with Gasteiger partial charge in [-0.2, -0.15) is 0 Å². The van der Waals surface area contributed by atoms with Crippen molar-refractivity contribution in [2.75, 3.05) is 6.61 Å². The van der Waals surface area contributed by atoms with E-state index in [2.05, 4.69) is 0 Å². The molecular weight excluding hydrogens is 476 g/mol. The molecule has 0 radical (unpaired) electrons. The number of phenolic OH excluding ortho intramolecular Hbond substituents is 6. The summed E-state index contributed by atoms with van der Waals surface area (Å²) in [6.07, 6.45) is 3.21. The summed E-state index contributed by atoms with van der Waals surface area (Å²) in [5.41, 5.74) is 4.56. The molecule has 37 heavy (non-hydrogen) atoms. The van der Waals surface area contributed by atoms with Gasteiger partial charge in [0.05, 0.1) is 12.7 Å². The normalized spacial score (nSPS) is 22.5. The summed E-state index contributed by atoms with van der Waals surface area (Å²) in [7, 11) is 0. The minimum absolute atomic E-state index is 0.0424. The Morgan fingerprint density at radius 2 is 1.22 bits per heavy atom. The Hall–Kier alpha value is -3.78. The third kappa shape index (κ3) is 3.70. The first-order valence-electron chi connectivity index (χ1n) is 12.8. The zero-order valence-corrected chi connectivity index (χ0v) is 20.2. The van der Waals surface area contributed by atoms with E-state index in [4.69, 9.17) is 4.74 Å². The molecule has 0 fully saturated rings. The summed E-state index contributed by atoms with van der Waals surface area (Å²) >= 11 is 0. The first kappa shape index (κ1) is 23.6. The van der Waals surface area contributed by atoms with Crippen molar-refractivity contribution in [1.29, 1.82) is 0 Å². The van der Waals surface area contributed by atoms with Crippen LogP contribution >= 0.6 is 0 Å². The van der Waals surface area contributed by atoms with E-state index in [0.717, 1.165) is 17.5 Å². The van der Waals surface area contributed by atoms with Crippen molar-refractivity contribution < 1.29 is 40.5 Å². The van der Waals surface area contributed by atoms with E-state index in [1.807, 2.05) is 0 Å². The summed E-state index contributed by atoms with van der Waals surface area (Å²) in [6.45, 7) is 0.327. The maximum absolute atomic E-state index is 11.1.